The Morgan fingerprint density at radius 2 is 1.71 bits per heavy atom. The van der Waals surface area contributed by atoms with Gasteiger partial charge < -0.3 is 5.32 Å². The van der Waals surface area contributed by atoms with E-state index in [-0.39, 0.29) is 16.4 Å². The summed E-state index contributed by atoms with van der Waals surface area (Å²) in [5, 5.41) is 2.50. The zero-order valence-corrected chi connectivity index (χ0v) is 13.8. The van der Waals surface area contributed by atoms with Crippen molar-refractivity contribution < 1.29 is 26.7 Å². The summed E-state index contributed by atoms with van der Waals surface area (Å²) in [5.74, 6) is -5.60. The van der Waals surface area contributed by atoms with Gasteiger partial charge in [0.05, 0.1) is 10.0 Å². The number of pyridine rings is 1. The van der Waals surface area contributed by atoms with Crippen molar-refractivity contribution in [2.45, 2.75) is 12.1 Å². The lowest BCUT2D eigenvalue weighted by molar-refractivity contribution is -0.289. The number of amides is 1. The van der Waals surface area contributed by atoms with Crippen LogP contribution in [0.15, 0.2) is 41.0 Å². The van der Waals surface area contributed by atoms with E-state index in [0.29, 0.717) is 16.6 Å². The molecule has 0 bridgehead atoms. The van der Waals surface area contributed by atoms with Crippen LogP contribution in [0.2, 0.25) is 5.15 Å². The molecule has 24 heavy (non-hydrogen) atoms. The molecule has 0 fully saturated rings. The Bertz CT molecular complexity index is 765. The highest BCUT2D eigenvalue weighted by Crippen LogP contribution is 2.43. The van der Waals surface area contributed by atoms with Gasteiger partial charge in [0.25, 0.3) is 5.91 Å². The minimum absolute atomic E-state index is 0.0489. The fraction of sp³-hybridized carbons (Fsp3) is 0.143. The largest absolute Gasteiger partial charge is 0.458 e. The molecule has 0 unspecified atom stereocenters. The number of nitrogens with zero attached hydrogens (tertiary/aromatic N) is 1. The number of anilines is 1. The molecule has 0 aliphatic rings. The second-order valence-electron chi connectivity index (χ2n) is 4.60. The smallest absolute Gasteiger partial charge is 0.322 e. The zero-order valence-electron chi connectivity index (χ0n) is 11.5. The minimum Gasteiger partial charge on any atom is -0.322 e. The van der Waals surface area contributed by atoms with E-state index in [1.807, 2.05) is 0 Å². The molecule has 0 atom stereocenters. The predicted octanol–water partition coefficient (Wildman–Crippen LogP) is 5.40. The van der Waals surface area contributed by atoms with Crippen molar-refractivity contribution >= 4 is 39.1 Å². The average Bonchev–Trinajstić information content (AvgIpc) is 2.49. The van der Waals surface area contributed by atoms with Crippen molar-refractivity contribution in [1.82, 2.24) is 4.98 Å². The average molecular weight is 430 g/mol. The number of carbonyl (C=O) groups is 1. The second-order valence-corrected chi connectivity index (χ2v) is 5.81. The van der Waals surface area contributed by atoms with E-state index in [9.17, 15) is 26.7 Å². The van der Waals surface area contributed by atoms with Crippen molar-refractivity contribution in [3.05, 3.63) is 57.3 Å². The number of benzene rings is 1. The molecule has 128 valence electrons. The lowest BCUT2D eigenvalue weighted by Crippen LogP contribution is -2.33. The molecule has 10 heteroatoms. The molecule has 2 aromatic rings. The Morgan fingerprint density at radius 3 is 2.21 bits per heavy atom. The van der Waals surface area contributed by atoms with E-state index in [0.717, 1.165) is 12.1 Å². The Morgan fingerprint density at radius 1 is 1.12 bits per heavy atom. The van der Waals surface area contributed by atoms with Crippen LogP contribution in [0, 0.1) is 0 Å². The number of halogens is 7. The minimum atomic E-state index is -5.70. The van der Waals surface area contributed by atoms with Crippen molar-refractivity contribution in [3.8, 4) is 0 Å². The highest BCUT2D eigenvalue weighted by atomic mass is 79.9. The van der Waals surface area contributed by atoms with Crippen molar-refractivity contribution in [3.63, 3.8) is 0 Å². The van der Waals surface area contributed by atoms with E-state index in [4.69, 9.17) is 11.6 Å². The van der Waals surface area contributed by atoms with Crippen LogP contribution in [-0.4, -0.2) is 17.1 Å². The Balaban J connectivity index is 2.17. The predicted molar refractivity (Wildman–Crippen MR) is 81.3 cm³/mol. The maximum Gasteiger partial charge on any atom is 0.458 e. The van der Waals surface area contributed by atoms with Crippen molar-refractivity contribution in [1.29, 1.82) is 0 Å². The van der Waals surface area contributed by atoms with Crippen LogP contribution in [0.5, 0.6) is 0 Å². The summed E-state index contributed by atoms with van der Waals surface area (Å²) in [6.07, 6.45) is -4.51. The molecule has 2 rings (SSSR count). The van der Waals surface area contributed by atoms with E-state index in [1.54, 1.807) is 0 Å². The summed E-state index contributed by atoms with van der Waals surface area (Å²) in [6.45, 7) is 0. The lowest BCUT2D eigenvalue weighted by atomic mass is 10.1. The molecule has 0 aliphatic carbocycles. The van der Waals surface area contributed by atoms with Gasteiger partial charge in [0.15, 0.2) is 0 Å². The number of hydrogen-bond donors (Lipinski definition) is 1. The van der Waals surface area contributed by atoms with E-state index < -0.39 is 23.6 Å². The van der Waals surface area contributed by atoms with Crippen LogP contribution in [0.1, 0.15) is 15.9 Å². The van der Waals surface area contributed by atoms with E-state index >= 15 is 0 Å². The summed E-state index contributed by atoms with van der Waals surface area (Å²) < 4.78 is 63.5. The Labute approximate surface area is 146 Å². The quantitative estimate of drug-likeness (QED) is 0.524. The highest BCUT2D eigenvalue weighted by molar-refractivity contribution is 9.10. The third kappa shape index (κ3) is 3.84. The third-order valence-electron chi connectivity index (χ3n) is 2.92. The normalized spacial score (nSPS) is 12.1. The Kier molecular flexibility index (Phi) is 5.14. The van der Waals surface area contributed by atoms with Crippen LogP contribution >= 0.6 is 27.5 Å². The van der Waals surface area contributed by atoms with Gasteiger partial charge in [0.2, 0.25) is 0 Å². The number of nitrogens with one attached hydrogen (secondary N) is 1. The number of alkyl halides is 5. The second kappa shape index (κ2) is 6.64. The molecule has 1 amide bonds. The van der Waals surface area contributed by atoms with Crippen LogP contribution < -0.4 is 5.32 Å². The molecular weight excluding hydrogens is 423 g/mol. The summed E-state index contributed by atoms with van der Waals surface area (Å²) in [4.78, 5) is 15.7. The van der Waals surface area contributed by atoms with Gasteiger partial charge in [0.1, 0.15) is 5.15 Å². The molecule has 1 aromatic heterocycles. The van der Waals surface area contributed by atoms with Gasteiger partial charge in [-0.3, -0.25) is 4.79 Å². The van der Waals surface area contributed by atoms with Crippen molar-refractivity contribution in [2.75, 3.05) is 5.32 Å². The maximum atomic E-state index is 13.2. The summed E-state index contributed by atoms with van der Waals surface area (Å²) in [7, 11) is 0. The van der Waals surface area contributed by atoms with E-state index in [2.05, 4.69) is 26.2 Å². The summed E-state index contributed by atoms with van der Waals surface area (Å²) in [6, 6.07) is 4.48. The van der Waals surface area contributed by atoms with Gasteiger partial charge in [-0.1, -0.05) is 23.7 Å². The number of carbonyl (C=O) groups excluding carboxylic acids is 1. The van der Waals surface area contributed by atoms with Gasteiger partial charge in [0, 0.05) is 17.4 Å². The zero-order chi connectivity index (χ0) is 18.1. The molecule has 0 saturated heterocycles. The molecule has 3 nitrogen and oxygen atoms in total. The molecule has 0 spiro atoms. The molecule has 1 N–H and O–H groups in total. The summed E-state index contributed by atoms with van der Waals surface area (Å²) in [5.41, 5.74) is -1.05. The van der Waals surface area contributed by atoms with Crippen LogP contribution in [0.25, 0.3) is 0 Å². The fourth-order valence-electron chi connectivity index (χ4n) is 1.68. The first kappa shape index (κ1) is 18.6. The molecule has 0 radical (unpaired) electrons. The topological polar surface area (TPSA) is 42.0 Å². The standard InChI is InChI=1S/C14H7BrClF5N2O/c15-10-5-7(6-22-11(10)16)12(24)23-9-3-1-8(2-4-9)13(17,18)14(19,20)21/h1-6H,(H,23,24). The van der Waals surface area contributed by atoms with Crippen LogP contribution in [-0.2, 0) is 5.92 Å². The van der Waals surface area contributed by atoms with Gasteiger partial charge in [-0.15, -0.1) is 0 Å². The van der Waals surface area contributed by atoms with Gasteiger partial charge in [-0.2, -0.15) is 22.0 Å². The lowest BCUT2D eigenvalue weighted by Gasteiger charge is -2.20. The molecule has 1 aromatic carbocycles. The number of aromatic nitrogens is 1. The maximum absolute atomic E-state index is 13.2. The highest BCUT2D eigenvalue weighted by Gasteiger charge is 2.58. The van der Waals surface area contributed by atoms with Crippen LogP contribution in [0.3, 0.4) is 0 Å². The molecule has 0 saturated carbocycles. The van der Waals surface area contributed by atoms with Crippen molar-refractivity contribution in [2.24, 2.45) is 0 Å². The first-order valence-electron chi connectivity index (χ1n) is 6.20. The SMILES string of the molecule is O=C(Nc1ccc(C(F)(F)C(F)(F)F)cc1)c1cnc(Cl)c(Br)c1. The molecule has 0 aliphatic heterocycles. The Hall–Kier alpha value is -1.74. The molecule has 1 heterocycles. The van der Waals surface area contributed by atoms with Gasteiger partial charge in [-0.05, 0) is 34.1 Å². The monoisotopic (exact) mass is 428 g/mol. The molecular formula is C14H7BrClF5N2O. The van der Waals surface area contributed by atoms with Gasteiger partial charge >= 0.3 is 12.1 Å². The van der Waals surface area contributed by atoms with Gasteiger partial charge in [-0.25, -0.2) is 4.98 Å². The summed E-state index contributed by atoms with van der Waals surface area (Å²) >= 11 is 8.78. The van der Waals surface area contributed by atoms with Crippen LogP contribution in [0.4, 0.5) is 27.6 Å². The fourth-order valence-corrected chi connectivity index (χ4v) is 2.13. The first-order valence-corrected chi connectivity index (χ1v) is 7.37. The number of hydrogen-bond acceptors (Lipinski definition) is 2. The number of rotatable bonds is 3. The van der Waals surface area contributed by atoms with E-state index in [1.165, 1.54) is 12.3 Å². The first-order chi connectivity index (χ1) is 11.0. The third-order valence-corrected chi connectivity index (χ3v) is 4.05.